The first kappa shape index (κ1) is 14.0. The van der Waals surface area contributed by atoms with E-state index in [9.17, 15) is 9.18 Å². The van der Waals surface area contributed by atoms with Gasteiger partial charge in [-0.15, -0.1) is 0 Å². The minimum atomic E-state index is -0.839. The highest BCUT2D eigenvalue weighted by Gasteiger charge is 2.08. The highest BCUT2D eigenvalue weighted by atomic mass is 19.1. The normalized spacial score (nSPS) is 10.5. The molecule has 106 valence electrons. The highest BCUT2D eigenvalue weighted by molar-refractivity contribution is 5.92. The van der Waals surface area contributed by atoms with Crippen molar-refractivity contribution in [1.82, 2.24) is 4.98 Å². The monoisotopic (exact) mass is 278 g/mol. The minimum Gasteiger partial charge on any atom is -0.494 e. The molecule has 0 fully saturated rings. The van der Waals surface area contributed by atoms with Crippen LogP contribution in [0.1, 0.15) is 12.8 Å². The smallest absolute Gasteiger partial charge is 0.303 e. The first-order valence-electron chi connectivity index (χ1n) is 6.19. The van der Waals surface area contributed by atoms with E-state index in [4.69, 9.17) is 9.84 Å². The SMILES string of the molecule is COc1cc2ccnc(NCCCC(=O)O)c2cc1F. The van der Waals surface area contributed by atoms with Gasteiger partial charge in [0.05, 0.1) is 7.11 Å². The molecule has 1 aromatic carbocycles. The van der Waals surface area contributed by atoms with Gasteiger partial charge in [-0.3, -0.25) is 4.79 Å². The van der Waals surface area contributed by atoms with Crippen LogP contribution in [0, 0.1) is 5.82 Å². The predicted octanol–water partition coefficient (Wildman–Crippen LogP) is 2.66. The quantitative estimate of drug-likeness (QED) is 0.795. The third kappa shape index (κ3) is 3.14. The second-order valence-corrected chi connectivity index (χ2v) is 4.29. The van der Waals surface area contributed by atoms with Crippen LogP contribution in [0.5, 0.6) is 5.75 Å². The zero-order valence-corrected chi connectivity index (χ0v) is 11.0. The van der Waals surface area contributed by atoms with Gasteiger partial charge in [0.25, 0.3) is 0 Å². The lowest BCUT2D eigenvalue weighted by Crippen LogP contribution is -2.06. The van der Waals surface area contributed by atoms with Gasteiger partial charge >= 0.3 is 5.97 Å². The number of nitrogens with zero attached hydrogens (tertiary/aromatic N) is 1. The fraction of sp³-hybridized carbons (Fsp3) is 0.286. The average Bonchev–Trinajstić information content (AvgIpc) is 2.43. The summed E-state index contributed by atoms with van der Waals surface area (Å²) in [7, 11) is 1.41. The van der Waals surface area contributed by atoms with E-state index in [-0.39, 0.29) is 12.2 Å². The van der Waals surface area contributed by atoms with Gasteiger partial charge < -0.3 is 15.2 Å². The van der Waals surface area contributed by atoms with Crippen molar-refractivity contribution in [2.24, 2.45) is 0 Å². The molecule has 2 rings (SSSR count). The molecule has 0 atom stereocenters. The first-order valence-corrected chi connectivity index (χ1v) is 6.19. The molecule has 0 bridgehead atoms. The molecule has 0 spiro atoms. The van der Waals surface area contributed by atoms with Gasteiger partial charge in [-0.2, -0.15) is 0 Å². The van der Waals surface area contributed by atoms with E-state index in [0.29, 0.717) is 24.2 Å². The van der Waals surface area contributed by atoms with Crippen molar-refractivity contribution >= 4 is 22.6 Å². The zero-order valence-electron chi connectivity index (χ0n) is 11.0. The van der Waals surface area contributed by atoms with Crippen LogP contribution in [-0.2, 0) is 4.79 Å². The molecule has 2 aromatic rings. The predicted molar refractivity (Wildman–Crippen MR) is 73.6 cm³/mol. The van der Waals surface area contributed by atoms with E-state index >= 15 is 0 Å². The Kier molecular flexibility index (Phi) is 4.34. The fourth-order valence-corrected chi connectivity index (χ4v) is 1.92. The number of carboxylic acids is 1. The zero-order chi connectivity index (χ0) is 14.5. The molecule has 0 aliphatic heterocycles. The number of aromatic nitrogens is 1. The van der Waals surface area contributed by atoms with Crippen molar-refractivity contribution in [2.75, 3.05) is 19.0 Å². The lowest BCUT2D eigenvalue weighted by molar-refractivity contribution is -0.137. The maximum absolute atomic E-state index is 13.7. The summed E-state index contributed by atoms with van der Waals surface area (Å²) in [5.74, 6) is -0.579. The van der Waals surface area contributed by atoms with Crippen molar-refractivity contribution in [3.63, 3.8) is 0 Å². The number of halogens is 1. The van der Waals surface area contributed by atoms with Gasteiger partial charge in [-0.25, -0.2) is 9.37 Å². The third-order valence-corrected chi connectivity index (χ3v) is 2.90. The Balaban J connectivity index is 2.21. The lowest BCUT2D eigenvalue weighted by atomic mass is 10.1. The van der Waals surface area contributed by atoms with Crippen LogP contribution in [0.3, 0.4) is 0 Å². The van der Waals surface area contributed by atoms with E-state index in [2.05, 4.69) is 10.3 Å². The molecule has 0 aliphatic carbocycles. The standard InChI is InChI=1S/C14H15FN2O3/c1-20-12-7-9-4-6-17-14(10(9)8-11(12)15)16-5-2-3-13(18)19/h4,6-8H,2-3,5H2,1H3,(H,16,17)(H,18,19). The Morgan fingerprint density at radius 2 is 2.30 bits per heavy atom. The van der Waals surface area contributed by atoms with Crippen LogP contribution in [-0.4, -0.2) is 29.7 Å². The molecule has 0 amide bonds. The molecular formula is C14H15FN2O3. The lowest BCUT2D eigenvalue weighted by Gasteiger charge is -2.10. The number of rotatable bonds is 6. The van der Waals surface area contributed by atoms with Crippen LogP contribution >= 0.6 is 0 Å². The Labute approximate surface area is 115 Å². The van der Waals surface area contributed by atoms with Crippen LogP contribution < -0.4 is 10.1 Å². The molecule has 20 heavy (non-hydrogen) atoms. The number of pyridine rings is 1. The van der Waals surface area contributed by atoms with Crippen LogP contribution in [0.4, 0.5) is 10.2 Å². The number of hydrogen-bond acceptors (Lipinski definition) is 4. The summed E-state index contributed by atoms with van der Waals surface area (Å²) >= 11 is 0. The molecule has 6 heteroatoms. The van der Waals surface area contributed by atoms with Crippen LogP contribution in [0.25, 0.3) is 10.8 Å². The molecule has 0 unspecified atom stereocenters. The molecule has 0 saturated carbocycles. The number of ether oxygens (including phenoxy) is 1. The van der Waals surface area contributed by atoms with Gasteiger partial charge in [0.2, 0.25) is 0 Å². The van der Waals surface area contributed by atoms with E-state index in [1.54, 1.807) is 18.3 Å². The fourth-order valence-electron chi connectivity index (χ4n) is 1.92. The van der Waals surface area contributed by atoms with Gasteiger partial charge in [0.15, 0.2) is 11.6 Å². The molecule has 0 saturated heterocycles. The summed E-state index contributed by atoms with van der Waals surface area (Å²) in [6.07, 6.45) is 2.17. The number of fused-ring (bicyclic) bond motifs is 1. The second kappa shape index (κ2) is 6.18. The van der Waals surface area contributed by atoms with Gasteiger partial charge in [0.1, 0.15) is 5.82 Å². The van der Waals surface area contributed by atoms with Crippen molar-refractivity contribution in [1.29, 1.82) is 0 Å². The molecule has 1 heterocycles. The van der Waals surface area contributed by atoms with E-state index in [1.807, 2.05) is 0 Å². The summed E-state index contributed by atoms with van der Waals surface area (Å²) in [6.45, 7) is 0.464. The number of methoxy groups -OCH3 is 1. The highest BCUT2D eigenvalue weighted by Crippen LogP contribution is 2.28. The summed E-state index contributed by atoms with van der Waals surface area (Å²) in [5.41, 5.74) is 0. The Hall–Kier alpha value is -2.37. The van der Waals surface area contributed by atoms with E-state index < -0.39 is 11.8 Å². The number of nitrogens with one attached hydrogen (secondary N) is 1. The van der Waals surface area contributed by atoms with Gasteiger partial charge in [-0.05, 0) is 30.0 Å². The Bertz CT molecular complexity index is 631. The molecule has 0 aliphatic rings. The van der Waals surface area contributed by atoms with Crippen molar-refractivity contribution in [3.05, 3.63) is 30.2 Å². The van der Waals surface area contributed by atoms with Crippen molar-refractivity contribution < 1.29 is 19.0 Å². The Morgan fingerprint density at radius 3 is 3.00 bits per heavy atom. The molecule has 2 N–H and O–H groups in total. The maximum atomic E-state index is 13.7. The molecule has 0 radical (unpaired) electrons. The summed E-state index contributed by atoms with van der Waals surface area (Å²) in [6, 6.07) is 4.73. The van der Waals surface area contributed by atoms with Crippen molar-refractivity contribution in [3.8, 4) is 5.75 Å². The van der Waals surface area contributed by atoms with Crippen LogP contribution in [0.15, 0.2) is 24.4 Å². The number of aliphatic carboxylic acids is 1. The molecule has 1 aromatic heterocycles. The number of hydrogen-bond donors (Lipinski definition) is 2. The summed E-state index contributed by atoms with van der Waals surface area (Å²) < 4.78 is 18.7. The number of anilines is 1. The molecule has 5 nitrogen and oxygen atoms in total. The minimum absolute atomic E-state index is 0.0833. The topological polar surface area (TPSA) is 71.5 Å². The van der Waals surface area contributed by atoms with Gasteiger partial charge in [-0.1, -0.05) is 0 Å². The van der Waals surface area contributed by atoms with Crippen molar-refractivity contribution in [2.45, 2.75) is 12.8 Å². The average molecular weight is 278 g/mol. The maximum Gasteiger partial charge on any atom is 0.303 e. The largest absolute Gasteiger partial charge is 0.494 e. The summed E-state index contributed by atoms with van der Waals surface area (Å²) in [5, 5.41) is 13.0. The van der Waals surface area contributed by atoms with E-state index in [1.165, 1.54) is 13.2 Å². The number of carboxylic acid groups (broad SMARTS) is 1. The number of benzene rings is 1. The number of carbonyl (C=O) groups is 1. The third-order valence-electron chi connectivity index (χ3n) is 2.90. The second-order valence-electron chi connectivity index (χ2n) is 4.29. The molecular weight excluding hydrogens is 263 g/mol. The first-order chi connectivity index (χ1) is 9.61. The Morgan fingerprint density at radius 1 is 1.50 bits per heavy atom. The van der Waals surface area contributed by atoms with Crippen LogP contribution in [0.2, 0.25) is 0 Å². The summed E-state index contributed by atoms with van der Waals surface area (Å²) in [4.78, 5) is 14.6. The van der Waals surface area contributed by atoms with Gasteiger partial charge in [0, 0.05) is 24.5 Å². The van der Waals surface area contributed by atoms with E-state index in [0.717, 1.165) is 5.39 Å².